The first-order valence-corrected chi connectivity index (χ1v) is 7.62. The molecule has 1 aliphatic heterocycles. The lowest BCUT2D eigenvalue weighted by Gasteiger charge is -2.34. The molecule has 0 radical (unpaired) electrons. The molecule has 1 aliphatic rings. The van der Waals surface area contributed by atoms with Crippen LogP contribution in [-0.2, 0) is 9.53 Å². The van der Waals surface area contributed by atoms with E-state index in [2.05, 4.69) is 31.4 Å². The van der Waals surface area contributed by atoms with Gasteiger partial charge in [-0.2, -0.15) is 0 Å². The number of hydrogen-bond acceptors (Lipinski definition) is 3. The number of ether oxygens (including phenoxy) is 1. The van der Waals surface area contributed by atoms with Gasteiger partial charge in [0.15, 0.2) is 0 Å². The lowest BCUT2D eigenvalue weighted by molar-refractivity contribution is -0.123. The number of rotatable bonds is 7. The van der Waals surface area contributed by atoms with Gasteiger partial charge in [-0.05, 0) is 38.0 Å². The fourth-order valence-electron chi connectivity index (χ4n) is 2.35. The van der Waals surface area contributed by atoms with E-state index in [1.807, 2.05) is 6.92 Å². The van der Waals surface area contributed by atoms with Crippen LogP contribution in [0.15, 0.2) is 0 Å². The van der Waals surface area contributed by atoms with Crippen molar-refractivity contribution in [2.45, 2.75) is 65.5 Å². The predicted molar refractivity (Wildman–Crippen MR) is 78.1 cm³/mol. The van der Waals surface area contributed by atoms with Crippen molar-refractivity contribution in [1.82, 2.24) is 10.6 Å². The first-order chi connectivity index (χ1) is 9.00. The summed E-state index contributed by atoms with van der Waals surface area (Å²) in [4.78, 5) is 12.0. The highest BCUT2D eigenvalue weighted by molar-refractivity contribution is 5.81. The molecule has 0 aromatic rings. The van der Waals surface area contributed by atoms with Crippen molar-refractivity contribution < 1.29 is 9.53 Å². The standard InChI is InChI=1S/C15H30N2O2/c1-5-13(6-2)17-14(18)12(3)16-11-15(4)7-9-19-10-8-15/h12-13,16H,5-11H2,1-4H3,(H,17,18). The van der Waals surface area contributed by atoms with Crippen LogP contribution in [0.4, 0.5) is 0 Å². The molecule has 1 rings (SSSR count). The monoisotopic (exact) mass is 270 g/mol. The fraction of sp³-hybridized carbons (Fsp3) is 0.933. The minimum absolute atomic E-state index is 0.115. The second kappa shape index (κ2) is 7.85. The summed E-state index contributed by atoms with van der Waals surface area (Å²) in [6.07, 6.45) is 4.12. The molecule has 4 nitrogen and oxygen atoms in total. The fourth-order valence-corrected chi connectivity index (χ4v) is 2.35. The molecule has 1 saturated heterocycles. The number of nitrogens with one attached hydrogen (secondary N) is 2. The number of carbonyl (C=O) groups excluding carboxylic acids is 1. The van der Waals surface area contributed by atoms with Crippen LogP contribution >= 0.6 is 0 Å². The van der Waals surface area contributed by atoms with E-state index in [0.29, 0.717) is 6.04 Å². The summed E-state index contributed by atoms with van der Waals surface area (Å²) in [6, 6.07) is 0.177. The summed E-state index contributed by atoms with van der Waals surface area (Å²) < 4.78 is 5.39. The van der Waals surface area contributed by atoms with Crippen LogP contribution in [0, 0.1) is 5.41 Å². The molecule has 1 unspecified atom stereocenters. The highest BCUT2D eigenvalue weighted by Crippen LogP contribution is 2.28. The molecule has 0 saturated carbocycles. The predicted octanol–water partition coefficient (Wildman–Crippen LogP) is 2.09. The van der Waals surface area contributed by atoms with E-state index in [9.17, 15) is 4.79 Å². The van der Waals surface area contributed by atoms with E-state index in [0.717, 1.165) is 45.4 Å². The molecule has 112 valence electrons. The molecule has 0 bridgehead atoms. The zero-order valence-electron chi connectivity index (χ0n) is 12.9. The lowest BCUT2D eigenvalue weighted by atomic mass is 9.82. The van der Waals surface area contributed by atoms with Gasteiger partial charge in [-0.3, -0.25) is 4.79 Å². The van der Waals surface area contributed by atoms with Gasteiger partial charge in [0.25, 0.3) is 0 Å². The molecular formula is C15H30N2O2. The third-order valence-corrected chi connectivity index (χ3v) is 4.26. The average Bonchev–Trinajstić information content (AvgIpc) is 2.42. The van der Waals surface area contributed by atoms with Gasteiger partial charge in [0.2, 0.25) is 5.91 Å². The summed E-state index contributed by atoms with van der Waals surface area (Å²) in [7, 11) is 0. The second-order valence-electron chi connectivity index (χ2n) is 6.05. The van der Waals surface area contributed by atoms with Crippen molar-refractivity contribution in [3.8, 4) is 0 Å². The Hall–Kier alpha value is -0.610. The van der Waals surface area contributed by atoms with Crippen molar-refractivity contribution in [2.24, 2.45) is 5.41 Å². The van der Waals surface area contributed by atoms with Gasteiger partial charge >= 0.3 is 0 Å². The molecule has 1 fully saturated rings. The Balaban J connectivity index is 2.33. The first-order valence-electron chi connectivity index (χ1n) is 7.62. The van der Waals surface area contributed by atoms with Gasteiger partial charge in [0, 0.05) is 25.8 Å². The molecule has 0 aromatic heterocycles. The van der Waals surface area contributed by atoms with E-state index in [-0.39, 0.29) is 17.4 Å². The van der Waals surface area contributed by atoms with E-state index in [1.54, 1.807) is 0 Å². The molecule has 19 heavy (non-hydrogen) atoms. The van der Waals surface area contributed by atoms with E-state index in [1.165, 1.54) is 0 Å². The van der Waals surface area contributed by atoms with Crippen molar-refractivity contribution >= 4 is 5.91 Å². The van der Waals surface area contributed by atoms with Gasteiger partial charge in [0.05, 0.1) is 6.04 Å². The van der Waals surface area contributed by atoms with Gasteiger partial charge in [-0.1, -0.05) is 20.8 Å². The van der Waals surface area contributed by atoms with E-state index >= 15 is 0 Å². The molecule has 1 atom stereocenters. The van der Waals surface area contributed by atoms with Gasteiger partial charge in [-0.15, -0.1) is 0 Å². The molecule has 1 amide bonds. The van der Waals surface area contributed by atoms with Crippen molar-refractivity contribution in [1.29, 1.82) is 0 Å². The number of hydrogen-bond donors (Lipinski definition) is 2. The first kappa shape index (κ1) is 16.4. The second-order valence-corrected chi connectivity index (χ2v) is 6.05. The van der Waals surface area contributed by atoms with Crippen molar-refractivity contribution in [2.75, 3.05) is 19.8 Å². The minimum Gasteiger partial charge on any atom is -0.381 e. The topological polar surface area (TPSA) is 50.4 Å². The van der Waals surface area contributed by atoms with Gasteiger partial charge in [0.1, 0.15) is 0 Å². The molecule has 0 aliphatic carbocycles. The van der Waals surface area contributed by atoms with Gasteiger partial charge < -0.3 is 15.4 Å². The summed E-state index contributed by atoms with van der Waals surface area (Å²) in [6.45, 7) is 11.0. The molecule has 1 heterocycles. The van der Waals surface area contributed by atoms with E-state index < -0.39 is 0 Å². The summed E-state index contributed by atoms with van der Waals surface area (Å²) in [5.41, 5.74) is 0.266. The minimum atomic E-state index is -0.125. The largest absolute Gasteiger partial charge is 0.381 e. The van der Waals surface area contributed by atoms with Crippen molar-refractivity contribution in [3.05, 3.63) is 0 Å². The van der Waals surface area contributed by atoms with Crippen LogP contribution in [0.25, 0.3) is 0 Å². The Kier molecular flexibility index (Phi) is 6.80. The van der Waals surface area contributed by atoms with Crippen LogP contribution in [0.2, 0.25) is 0 Å². The maximum absolute atomic E-state index is 12.0. The molecular weight excluding hydrogens is 240 g/mol. The summed E-state index contributed by atoms with van der Waals surface area (Å²) in [5.74, 6) is 0.115. The quantitative estimate of drug-likeness (QED) is 0.745. The Labute approximate surface area is 117 Å². The zero-order valence-corrected chi connectivity index (χ0v) is 12.9. The Morgan fingerprint density at radius 2 is 1.84 bits per heavy atom. The molecule has 0 spiro atoms. The number of amides is 1. The molecule has 2 N–H and O–H groups in total. The van der Waals surface area contributed by atoms with Crippen LogP contribution < -0.4 is 10.6 Å². The SMILES string of the molecule is CCC(CC)NC(=O)C(C)NCC1(C)CCOCC1. The molecule has 4 heteroatoms. The zero-order chi connectivity index (χ0) is 14.3. The third kappa shape index (κ3) is 5.49. The van der Waals surface area contributed by atoms with Crippen molar-refractivity contribution in [3.63, 3.8) is 0 Å². The maximum Gasteiger partial charge on any atom is 0.237 e. The highest BCUT2D eigenvalue weighted by Gasteiger charge is 2.28. The van der Waals surface area contributed by atoms with Crippen LogP contribution in [0.5, 0.6) is 0 Å². The summed E-state index contributed by atoms with van der Waals surface area (Å²) in [5, 5.41) is 6.47. The average molecular weight is 270 g/mol. The van der Waals surface area contributed by atoms with Crippen LogP contribution in [0.3, 0.4) is 0 Å². The Morgan fingerprint density at radius 3 is 2.37 bits per heavy atom. The van der Waals surface area contributed by atoms with Crippen LogP contribution in [0.1, 0.15) is 53.4 Å². The Bertz CT molecular complexity index is 271. The number of carbonyl (C=O) groups is 1. The lowest BCUT2D eigenvalue weighted by Crippen LogP contribution is -2.49. The van der Waals surface area contributed by atoms with E-state index in [4.69, 9.17) is 4.74 Å². The maximum atomic E-state index is 12.0. The normalized spacial score (nSPS) is 20.3. The van der Waals surface area contributed by atoms with Gasteiger partial charge in [-0.25, -0.2) is 0 Å². The highest BCUT2D eigenvalue weighted by atomic mass is 16.5. The smallest absolute Gasteiger partial charge is 0.237 e. The third-order valence-electron chi connectivity index (χ3n) is 4.26. The Morgan fingerprint density at radius 1 is 1.26 bits per heavy atom. The summed E-state index contributed by atoms with van der Waals surface area (Å²) >= 11 is 0. The molecule has 0 aromatic carbocycles. The van der Waals surface area contributed by atoms with Crippen LogP contribution in [-0.4, -0.2) is 37.7 Å².